The highest BCUT2D eigenvalue weighted by Crippen LogP contribution is 2.44. The molecule has 2 aromatic heterocycles. The van der Waals surface area contributed by atoms with Gasteiger partial charge < -0.3 is 9.15 Å². The summed E-state index contributed by atoms with van der Waals surface area (Å²) in [5.41, 5.74) is 1.30. The zero-order valence-corrected chi connectivity index (χ0v) is 20.6. The first-order valence-corrected chi connectivity index (χ1v) is 12.4. The number of non-ortho nitro benzene ring substituents is 1. The van der Waals surface area contributed by atoms with Gasteiger partial charge >= 0.3 is 5.97 Å². The van der Waals surface area contributed by atoms with Crippen LogP contribution < -0.4 is 10.3 Å². The fourth-order valence-electron chi connectivity index (χ4n) is 4.57. The van der Waals surface area contributed by atoms with Crippen molar-refractivity contribution in [3.8, 4) is 0 Å². The van der Waals surface area contributed by atoms with Gasteiger partial charge in [-0.2, -0.15) is 0 Å². The molecule has 0 radical (unpaired) electrons. The van der Waals surface area contributed by atoms with Gasteiger partial charge in [0.2, 0.25) is 5.76 Å². The van der Waals surface area contributed by atoms with Gasteiger partial charge in [-0.15, -0.1) is 0 Å². The van der Waals surface area contributed by atoms with Gasteiger partial charge in [-0.1, -0.05) is 23.5 Å². The maximum atomic E-state index is 13.8. The number of ether oxygens (including phenoxy) is 1. The second-order valence-electron chi connectivity index (χ2n) is 8.50. The molecule has 11 heteroatoms. The molecule has 3 heterocycles. The molecular weight excluding hydrogens is 510 g/mol. The van der Waals surface area contributed by atoms with E-state index in [0.717, 1.165) is 0 Å². The molecule has 1 aliphatic heterocycles. The molecule has 38 heavy (non-hydrogen) atoms. The minimum atomic E-state index is -0.927. The SMILES string of the molecule is CCOC(=O)c1ccc2nc(N3C(=O)c4oc5ccccc5c(=O)c4[C@@H]3c3ccc([N+](=O)[O-])cc3)sc2c1. The Kier molecular flexibility index (Phi) is 5.50. The number of nitrogens with zero attached hydrogens (tertiary/aromatic N) is 3. The Hall–Kier alpha value is -4.90. The first-order chi connectivity index (χ1) is 18.4. The number of nitro benzene ring substituents is 1. The first kappa shape index (κ1) is 23.5. The van der Waals surface area contributed by atoms with Crippen molar-refractivity contribution in [2.45, 2.75) is 13.0 Å². The standard InChI is InChI=1S/C27H17N3O7S/c1-2-36-26(33)15-9-12-18-20(13-15)38-27(28-18)29-22(14-7-10-16(11-8-14)30(34)35)21-23(31)17-5-3-4-6-19(17)37-24(21)25(29)32/h3-13,22H,2H2,1H3/t22-/m0/s1. The van der Waals surface area contributed by atoms with Gasteiger partial charge in [0.05, 0.1) is 44.3 Å². The molecule has 10 nitrogen and oxygen atoms in total. The third kappa shape index (κ3) is 3.63. The minimum absolute atomic E-state index is 0.108. The Morgan fingerprint density at radius 3 is 2.63 bits per heavy atom. The van der Waals surface area contributed by atoms with Crippen molar-refractivity contribution < 1.29 is 23.7 Å². The molecule has 0 N–H and O–H groups in total. The Bertz CT molecular complexity index is 1840. The first-order valence-electron chi connectivity index (χ1n) is 11.6. The highest BCUT2D eigenvalue weighted by molar-refractivity contribution is 7.22. The van der Waals surface area contributed by atoms with Crippen molar-refractivity contribution >= 4 is 55.2 Å². The second kappa shape index (κ2) is 8.89. The number of thiazole rings is 1. The van der Waals surface area contributed by atoms with Gasteiger partial charge in [-0.3, -0.25) is 24.6 Å². The molecule has 0 saturated heterocycles. The van der Waals surface area contributed by atoms with Crippen LogP contribution in [0.3, 0.4) is 0 Å². The highest BCUT2D eigenvalue weighted by atomic mass is 32.1. The smallest absolute Gasteiger partial charge is 0.338 e. The van der Waals surface area contributed by atoms with E-state index in [1.807, 2.05) is 0 Å². The van der Waals surface area contributed by atoms with Crippen molar-refractivity contribution in [3.05, 3.63) is 110 Å². The molecule has 1 atom stereocenters. The van der Waals surface area contributed by atoms with Crippen molar-refractivity contribution in [2.24, 2.45) is 0 Å². The lowest BCUT2D eigenvalue weighted by molar-refractivity contribution is -0.384. The van der Waals surface area contributed by atoms with E-state index in [1.165, 1.54) is 40.5 Å². The van der Waals surface area contributed by atoms with Crippen LogP contribution >= 0.6 is 11.3 Å². The molecule has 1 amide bonds. The Balaban J connectivity index is 1.55. The topological polar surface area (TPSA) is 133 Å². The molecule has 6 rings (SSSR count). The summed E-state index contributed by atoms with van der Waals surface area (Å²) in [4.78, 5) is 56.3. The summed E-state index contributed by atoms with van der Waals surface area (Å²) in [5, 5.41) is 11.8. The number of aromatic nitrogens is 1. The van der Waals surface area contributed by atoms with Crippen LogP contribution in [0.1, 0.15) is 45.0 Å². The van der Waals surface area contributed by atoms with Gasteiger partial charge in [0.25, 0.3) is 11.6 Å². The van der Waals surface area contributed by atoms with Crippen LogP contribution in [0.5, 0.6) is 0 Å². The second-order valence-corrected chi connectivity index (χ2v) is 9.50. The Labute approximate surface area is 217 Å². The zero-order chi connectivity index (χ0) is 26.6. The summed E-state index contributed by atoms with van der Waals surface area (Å²) >= 11 is 1.17. The van der Waals surface area contributed by atoms with E-state index in [9.17, 15) is 24.5 Å². The number of nitro groups is 1. The fourth-order valence-corrected chi connectivity index (χ4v) is 5.60. The van der Waals surface area contributed by atoms with E-state index in [0.29, 0.717) is 26.7 Å². The van der Waals surface area contributed by atoms with E-state index < -0.39 is 22.8 Å². The molecule has 0 unspecified atom stereocenters. The highest BCUT2D eigenvalue weighted by Gasteiger charge is 2.45. The number of carbonyl (C=O) groups excluding carboxylic acids is 2. The van der Waals surface area contributed by atoms with E-state index in [2.05, 4.69) is 4.98 Å². The lowest BCUT2D eigenvalue weighted by atomic mass is 9.98. The number of hydrogen-bond donors (Lipinski definition) is 0. The van der Waals surface area contributed by atoms with Crippen LogP contribution in [0.15, 0.2) is 75.9 Å². The molecule has 0 bridgehead atoms. The summed E-state index contributed by atoms with van der Waals surface area (Å²) in [6.45, 7) is 1.95. The summed E-state index contributed by atoms with van der Waals surface area (Å²) in [6, 6.07) is 16.3. The lowest BCUT2D eigenvalue weighted by Crippen LogP contribution is -2.29. The minimum Gasteiger partial charge on any atom is -0.462 e. The summed E-state index contributed by atoms with van der Waals surface area (Å²) in [5.74, 6) is -1.14. The predicted molar refractivity (Wildman–Crippen MR) is 140 cm³/mol. The number of hydrogen-bond acceptors (Lipinski definition) is 9. The normalized spacial score (nSPS) is 14.7. The van der Waals surface area contributed by atoms with Crippen molar-refractivity contribution in [3.63, 3.8) is 0 Å². The third-order valence-electron chi connectivity index (χ3n) is 6.29. The van der Waals surface area contributed by atoms with Gasteiger partial charge in [0.15, 0.2) is 10.6 Å². The maximum Gasteiger partial charge on any atom is 0.338 e. The Morgan fingerprint density at radius 1 is 1.13 bits per heavy atom. The number of fused-ring (bicyclic) bond motifs is 3. The van der Waals surface area contributed by atoms with Crippen LogP contribution in [0.4, 0.5) is 10.8 Å². The predicted octanol–water partition coefficient (Wildman–Crippen LogP) is 5.24. The van der Waals surface area contributed by atoms with Crippen LogP contribution in [0, 0.1) is 10.1 Å². The number of rotatable bonds is 5. The van der Waals surface area contributed by atoms with E-state index in [1.54, 1.807) is 49.4 Å². The van der Waals surface area contributed by atoms with Gasteiger partial charge in [0, 0.05) is 12.1 Å². The van der Waals surface area contributed by atoms with E-state index >= 15 is 0 Å². The lowest BCUT2D eigenvalue weighted by Gasteiger charge is -2.22. The molecule has 5 aromatic rings. The summed E-state index contributed by atoms with van der Waals surface area (Å²) < 4.78 is 11.7. The molecule has 0 fully saturated rings. The van der Waals surface area contributed by atoms with Crippen LogP contribution in [-0.2, 0) is 4.74 Å². The molecule has 188 valence electrons. The quantitative estimate of drug-likeness (QED) is 0.172. The summed E-state index contributed by atoms with van der Waals surface area (Å²) in [7, 11) is 0. The molecule has 1 aliphatic rings. The number of carbonyl (C=O) groups is 2. The average Bonchev–Trinajstić information content (AvgIpc) is 3.47. The molecule has 0 spiro atoms. The molecular formula is C27H17N3O7S. The molecule has 3 aromatic carbocycles. The number of amides is 1. The van der Waals surface area contributed by atoms with Crippen molar-refractivity contribution in [2.75, 3.05) is 11.5 Å². The third-order valence-corrected chi connectivity index (χ3v) is 7.31. The maximum absolute atomic E-state index is 13.8. The molecule has 0 saturated carbocycles. The number of anilines is 1. The van der Waals surface area contributed by atoms with Gasteiger partial charge in [0.1, 0.15) is 5.58 Å². The monoisotopic (exact) mass is 527 g/mol. The summed E-state index contributed by atoms with van der Waals surface area (Å²) in [6.07, 6.45) is 0. The van der Waals surface area contributed by atoms with Gasteiger partial charge in [-0.05, 0) is 55.0 Å². The molecule has 0 aliphatic carbocycles. The Morgan fingerprint density at radius 2 is 1.89 bits per heavy atom. The average molecular weight is 528 g/mol. The van der Waals surface area contributed by atoms with E-state index in [-0.39, 0.29) is 39.8 Å². The number of esters is 1. The van der Waals surface area contributed by atoms with Crippen molar-refractivity contribution in [1.29, 1.82) is 0 Å². The fraction of sp³-hybridized carbons (Fsp3) is 0.111. The van der Waals surface area contributed by atoms with Crippen LogP contribution in [-0.4, -0.2) is 28.4 Å². The van der Waals surface area contributed by atoms with Crippen LogP contribution in [0.2, 0.25) is 0 Å². The number of para-hydroxylation sites is 1. The van der Waals surface area contributed by atoms with Gasteiger partial charge in [-0.25, -0.2) is 9.78 Å². The number of benzene rings is 3. The van der Waals surface area contributed by atoms with E-state index in [4.69, 9.17) is 9.15 Å². The largest absolute Gasteiger partial charge is 0.462 e. The zero-order valence-electron chi connectivity index (χ0n) is 19.7. The van der Waals surface area contributed by atoms with Crippen molar-refractivity contribution in [1.82, 2.24) is 4.98 Å². The van der Waals surface area contributed by atoms with Crippen LogP contribution in [0.25, 0.3) is 21.2 Å².